The highest BCUT2D eigenvalue weighted by molar-refractivity contribution is 9.10. The first kappa shape index (κ1) is 13.3. The molecule has 1 N–H and O–H groups in total. The molecule has 0 unspecified atom stereocenters. The summed E-state index contributed by atoms with van der Waals surface area (Å²) in [5.74, 6) is -0.385. The Kier molecular flexibility index (Phi) is 3.33. The molecule has 2 aromatic rings. The highest BCUT2D eigenvalue weighted by Gasteiger charge is 2.28. The van der Waals surface area contributed by atoms with Gasteiger partial charge in [-0.25, -0.2) is 9.78 Å². The SMILES string of the molecule is CC(C)(C)c1nc(-c2occc2Br)sc1C(=O)O. The zero-order chi connectivity index (χ0) is 13.5. The largest absolute Gasteiger partial charge is 0.477 e. The molecular weight excluding hydrogens is 318 g/mol. The normalized spacial score (nSPS) is 11.8. The van der Waals surface area contributed by atoms with Gasteiger partial charge in [-0.05, 0) is 22.0 Å². The van der Waals surface area contributed by atoms with E-state index in [1.165, 1.54) is 6.26 Å². The highest BCUT2D eigenvalue weighted by Crippen LogP contribution is 2.37. The highest BCUT2D eigenvalue weighted by atomic mass is 79.9. The van der Waals surface area contributed by atoms with Gasteiger partial charge in [0, 0.05) is 5.41 Å². The lowest BCUT2D eigenvalue weighted by Gasteiger charge is -2.15. The van der Waals surface area contributed by atoms with Crippen molar-refractivity contribution in [3.05, 3.63) is 27.4 Å². The molecule has 0 aromatic carbocycles. The van der Waals surface area contributed by atoms with Crippen LogP contribution in [0, 0.1) is 0 Å². The summed E-state index contributed by atoms with van der Waals surface area (Å²) >= 11 is 4.48. The number of furan rings is 1. The van der Waals surface area contributed by atoms with Crippen molar-refractivity contribution < 1.29 is 14.3 Å². The number of hydrogen-bond acceptors (Lipinski definition) is 4. The number of aromatic nitrogens is 1. The van der Waals surface area contributed by atoms with E-state index < -0.39 is 5.97 Å². The molecule has 96 valence electrons. The van der Waals surface area contributed by atoms with Crippen molar-refractivity contribution in [3.8, 4) is 10.8 Å². The van der Waals surface area contributed by atoms with Crippen LogP contribution in [0.15, 0.2) is 21.2 Å². The number of carboxylic acids is 1. The molecule has 0 fully saturated rings. The third-order valence-electron chi connectivity index (χ3n) is 2.34. The number of hydrogen-bond donors (Lipinski definition) is 1. The van der Waals surface area contributed by atoms with Gasteiger partial charge in [-0.2, -0.15) is 0 Å². The molecule has 0 aliphatic heterocycles. The number of nitrogens with zero attached hydrogens (tertiary/aromatic N) is 1. The Morgan fingerprint density at radius 2 is 2.17 bits per heavy atom. The van der Waals surface area contributed by atoms with Crippen molar-refractivity contribution in [2.24, 2.45) is 0 Å². The molecule has 0 saturated carbocycles. The van der Waals surface area contributed by atoms with Crippen LogP contribution in [0.2, 0.25) is 0 Å². The minimum atomic E-state index is -0.952. The number of thiazole rings is 1. The van der Waals surface area contributed by atoms with E-state index in [0.717, 1.165) is 15.8 Å². The van der Waals surface area contributed by atoms with Gasteiger partial charge in [0.25, 0.3) is 0 Å². The topological polar surface area (TPSA) is 63.3 Å². The molecule has 0 aliphatic rings. The number of carbonyl (C=O) groups is 1. The van der Waals surface area contributed by atoms with E-state index in [9.17, 15) is 9.90 Å². The standard InChI is InChI=1S/C12H12BrNO3S/c1-12(2,3)9-8(11(15)16)18-10(14-9)7-6(13)4-5-17-7/h4-5H,1-3H3,(H,15,16). The molecular formula is C12H12BrNO3S. The van der Waals surface area contributed by atoms with Gasteiger partial charge in [-0.15, -0.1) is 11.3 Å². The van der Waals surface area contributed by atoms with E-state index in [2.05, 4.69) is 20.9 Å². The summed E-state index contributed by atoms with van der Waals surface area (Å²) in [5, 5.41) is 9.82. The predicted octanol–water partition coefficient (Wildman–Crippen LogP) is 4.16. The molecule has 4 nitrogen and oxygen atoms in total. The number of halogens is 1. The molecule has 0 saturated heterocycles. The Morgan fingerprint density at radius 1 is 1.50 bits per heavy atom. The monoisotopic (exact) mass is 329 g/mol. The molecule has 0 spiro atoms. The van der Waals surface area contributed by atoms with Gasteiger partial charge in [-0.3, -0.25) is 0 Å². The molecule has 2 rings (SSSR count). The Labute approximate surface area is 117 Å². The Hall–Kier alpha value is -1.14. The fourth-order valence-electron chi connectivity index (χ4n) is 1.52. The maximum Gasteiger partial charge on any atom is 0.347 e. The molecule has 0 aliphatic carbocycles. The van der Waals surface area contributed by atoms with E-state index in [0.29, 0.717) is 16.5 Å². The fraction of sp³-hybridized carbons (Fsp3) is 0.333. The van der Waals surface area contributed by atoms with Crippen LogP contribution in [-0.2, 0) is 5.41 Å². The molecule has 0 amide bonds. The average Bonchev–Trinajstić information content (AvgIpc) is 2.81. The first-order valence-electron chi connectivity index (χ1n) is 5.28. The van der Waals surface area contributed by atoms with Gasteiger partial charge in [0.1, 0.15) is 4.88 Å². The summed E-state index contributed by atoms with van der Waals surface area (Å²) in [6.07, 6.45) is 1.54. The molecule has 2 heterocycles. The van der Waals surface area contributed by atoms with Crippen LogP contribution in [0.25, 0.3) is 10.8 Å². The molecule has 0 atom stereocenters. The van der Waals surface area contributed by atoms with Gasteiger partial charge < -0.3 is 9.52 Å². The Bertz CT molecular complexity index is 595. The lowest BCUT2D eigenvalue weighted by molar-refractivity contribution is 0.0699. The lowest BCUT2D eigenvalue weighted by Crippen LogP contribution is -2.16. The molecule has 6 heteroatoms. The van der Waals surface area contributed by atoms with Gasteiger partial charge in [0.2, 0.25) is 0 Å². The zero-order valence-corrected chi connectivity index (χ0v) is 12.6. The fourth-order valence-corrected chi connectivity index (χ4v) is 3.15. The second-order valence-corrected chi connectivity index (χ2v) is 6.70. The van der Waals surface area contributed by atoms with Crippen molar-refractivity contribution in [3.63, 3.8) is 0 Å². The first-order valence-corrected chi connectivity index (χ1v) is 6.89. The Balaban J connectivity index is 2.60. The first-order chi connectivity index (χ1) is 8.30. The van der Waals surface area contributed by atoms with Crippen molar-refractivity contribution in [2.75, 3.05) is 0 Å². The van der Waals surface area contributed by atoms with Crippen LogP contribution in [0.3, 0.4) is 0 Å². The van der Waals surface area contributed by atoms with Crippen molar-refractivity contribution in [2.45, 2.75) is 26.2 Å². The maximum absolute atomic E-state index is 11.3. The minimum absolute atomic E-state index is 0.265. The van der Waals surface area contributed by atoms with E-state index in [4.69, 9.17) is 4.42 Å². The smallest absolute Gasteiger partial charge is 0.347 e. The summed E-state index contributed by atoms with van der Waals surface area (Å²) in [6.45, 7) is 5.82. The van der Waals surface area contributed by atoms with Crippen LogP contribution in [0.4, 0.5) is 0 Å². The summed E-state index contributed by atoms with van der Waals surface area (Å²) in [6, 6.07) is 1.76. The second kappa shape index (κ2) is 4.51. The van der Waals surface area contributed by atoms with E-state index in [1.807, 2.05) is 20.8 Å². The van der Waals surface area contributed by atoms with Crippen LogP contribution >= 0.6 is 27.3 Å². The third kappa shape index (κ3) is 2.35. The van der Waals surface area contributed by atoms with E-state index >= 15 is 0 Å². The summed E-state index contributed by atoms with van der Waals surface area (Å²) in [5.41, 5.74) is 0.264. The van der Waals surface area contributed by atoms with Crippen molar-refractivity contribution in [1.29, 1.82) is 0 Å². The van der Waals surface area contributed by atoms with Gasteiger partial charge in [-0.1, -0.05) is 20.8 Å². The quantitative estimate of drug-likeness (QED) is 0.898. The van der Waals surface area contributed by atoms with E-state index in [-0.39, 0.29) is 10.3 Å². The second-order valence-electron chi connectivity index (χ2n) is 4.85. The van der Waals surface area contributed by atoms with Crippen molar-refractivity contribution >= 4 is 33.2 Å². The number of carboxylic acid groups (broad SMARTS) is 1. The number of aromatic carboxylic acids is 1. The summed E-state index contributed by atoms with van der Waals surface area (Å²) in [4.78, 5) is 15.9. The Morgan fingerprint density at radius 3 is 2.56 bits per heavy atom. The van der Waals surface area contributed by atoms with Crippen LogP contribution in [-0.4, -0.2) is 16.1 Å². The predicted molar refractivity (Wildman–Crippen MR) is 73.2 cm³/mol. The van der Waals surface area contributed by atoms with Gasteiger partial charge in [0.05, 0.1) is 16.4 Å². The zero-order valence-electron chi connectivity index (χ0n) is 10.2. The van der Waals surface area contributed by atoms with Gasteiger partial charge >= 0.3 is 5.97 Å². The van der Waals surface area contributed by atoms with E-state index in [1.54, 1.807) is 6.07 Å². The lowest BCUT2D eigenvalue weighted by atomic mass is 9.91. The molecule has 0 radical (unpaired) electrons. The van der Waals surface area contributed by atoms with Crippen LogP contribution in [0.5, 0.6) is 0 Å². The van der Waals surface area contributed by atoms with Crippen molar-refractivity contribution in [1.82, 2.24) is 4.98 Å². The summed E-state index contributed by atoms with van der Waals surface area (Å²) in [7, 11) is 0. The molecule has 2 aromatic heterocycles. The van der Waals surface area contributed by atoms with Crippen LogP contribution < -0.4 is 0 Å². The molecule has 18 heavy (non-hydrogen) atoms. The van der Waals surface area contributed by atoms with Gasteiger partial charge in [0.15, 0.2) is 10.8 Å². The van der Waals surface area contributed by atoms with Crippen LogP contribution in [0.1, 0.15) is 36.1 Å². The number of rotatable bonds is 2. The minimum Gasteiger partial charge on any atom is -0.477 e. The third-order valence-corrected chi connectivity index (χ3v) is 4.01. The summed E-state index contributed by atoms with van der Waals surface area (Å²) < 4.78 is 6.09. The maximum atomic E-state index is 11.3. The molecule has 0 bridgehead atoms. The average molecular weight is 330 g/mol.